The number of carbonyl (C=O) groups is 1. The van der Waals surface area contributed by atoms with Crippen LogP contribution < -0.4 is 5.32 Å². The third-order valence-corrected chi connectivity index (χ3v) is 7.47. The van der Waals surface area contributed by atoms with Crippen molar-refractivity contribution in [2.45, 2.75) is 75.5 Å². The first kappa shape index (κ1) is 15.4. The molecule has 2 saturated carbocycles. The van der Waals surface area contributed by atoms with Crippen molar-refractivity contribution in [3.05, 3.63) is 0 Å². The molecule has 2 amide bonds. The summed E-state index contributed by atoms with van der Waals surface area (Å²) in [6, 6.07) is 0.854. The van der Waals surface area contributed by atoms with Crippen molar-refractivity contribution in [1.82, 2.24) is 10.2 Å². The van der Waals surface area contributed by atoms with E-state index in [1.165, 1.54) is 25.7 Å². The Kier molecular flexibility index (Phi) is 3.60. The van der Waals surface area contributed by atoms with E-state index in [-0.39, 0.29) is 11.6 Å². The van der Waals surface area contributed by atoms with Gasteiger partial charge in [-0.2, -0.15) is 0 Å². The second kappa shape index (κ2) is 5.60. The number of ether oxygens (including phenoxy) is 2. The molecule has 5 aliphatic rings. The number of amides is 2. The van der Waals surface area contributed by atoms with Crippen LogP contribution >= 0.6 is 0 Å². The lowest BCUT2D eigenvalue weighted by atomic mass is 9.75. The Hall–Kier alpha value is -0.810. The summed E-state index contributed by atoms with van der Waals surface area (Å²) in [4.78, 5) is 15.1. The van der Waals surface area contributed by atoms with Gasteiger partial charge in [0.05, 0.1) is 12.6 Å². The molecule has 0 bridgehead atoms. The summed E-state index contributed by atoms with van der Waals surface area (Å²) < 4.78 is 11.7. The van der Waals surface area contributed by atoms with E-state index in [2.05, 4.69) is 10.2 Å². The van der Waals surface area contributed by atoms with E-state index >= 15 is 0 Å². The van der Waals surface area contributed by atoms with Gasteiger partial charge in [0, 0.05) is 25.9 Å². The average Bonchev–Trinajstić information content (AvgIpc) is 3.12. The van der Waals surface area contributed by atoms with Crippen LogP contribution in [0.2, 0.25) is 0 Å². The van der Waals surface area contributed by atoms with E-state index in [0.29, 0.717) is 23.4 Å². The fraction of sp³-hybridized carbons (Fsp3) is 0.947. The normalized spacial score (nSPS) is 40.9. The minimum Gasteiger partial charge on any atom is -0.381 e. The van der Waals surface area contributed by atoms with Gasteiger partial charge in [-0.3, -0.25) is 0 Å². The highest BCUT2D eigenvalue weighted by Gasteiger charge is 2.62. The predicted molar refractivity (Wildman–Crippen MR) is 89.8 cm³/mol. The monoisotopic (exact) mass is 334 g/mol. The second-order valence-electron chi connectivity index (χ2n) is 8.80. The Labute approximate surface area is 144 Å². The highest BCUT2D eigenvalue weighted by atomic mass is 16.5. The number of likely N-dealkylation sites (tertiary alicyclic amines) is 1. The molecule has 0 aromatic carbocycles. The highest BCUT2D eigenvalue weighted by Crippen LogP contribution is 2.52. The molecular formula is C19H30N2O3. The van der Waals surface area contributed by atoms with Crippen molar-refractivity contribution in [2.24, 2.45) is 11.3 Å². The van der Waals surface area contributed by atoms with Crippen molar-refractivity contribution in [2.75, 3.05) is 26.4 Å². The third kappa shape index (κ3) is 2.31. The molecule has 3 unspecified atom stereocenters. The number of nitrogens with zero attached hydrogens (tertiary/aromatic N) is 1. The molecule has 5 fully saturated rings. The van der Waals surface area contributed by atoms with Gasteiger partial charge in [-0.25, -0.2) is 4.79 Å². The molecule has 3 aliphatic heterocycles. The van der Waals surface area contributed by atoms with Gasteiger partial charge in [-0.05, 0) is 62.7 Å². The Bertz CT molecular complexity index is 507. The fourth-order valence-electron chi connectivity index (χ4n) is 6.00. The topological polar surface area (TPSA) is 50.8 Å². The number of carbonyl (C=O) groups excluding carboxylic acids is 1. The Morgan fingerprint density at radius 1 is 1.00 bits per heavy atom. The number of rotatable bonds is 2. The molecule has 3 saturated heterocycles. The lowest BCUT2D eigenvalue weighted by Gasteiger charge is -2.55. The highest BCUT2D eigenvalue weighted by molar-refractivity contribution is 5.77. The predicted octanol–water partition coefficient (Wildman–Crippen LogP) is 2.69. The first-order valence-corrected chi connectivity index (χ1v) is 10.0. The molecule has 5 rings (SSSR count). The van der Waals surface area contributed by atoms with E-state index in [4.69, 9.17) is 9.47 Å². The van der Waals surface area contributed by atoms with Gasteiger partial charge in [-0.15, -0.1) is 0 Å². The van der Waals surface area contributed by atoms with Gasteiger partial charge in [0.1, 0.15) is 5.60 Å². The number of urea groups is 1. The molecule has 3 heterocycles. The summed E-state index contributed by atoms with van der Waals surface area (Å²) in [6.45, 7) is 3.41. The van der Waals surface area contributed by atoms with Crippen LogP contribution in [0.4, 0.5) is 4.79 Å². The summed E-state index contributed by atoms with van der Waals surface area (Å²) in [6.07, 6.45) is 10.7. The maximum atomic E-state index is 13.0. The molecular weight excluding hydrogens is 304 g/mol. The van der Waals surface area contributed by atoms with E-state index in [1.807, 2.05) is 0 Å². The van der Waals surface area contributed by atoms with Crippen LogP contribution in [-0.2, 0) is 9.47 Å². The number of nitrogens with one attached hydrogen (secondary N) is 1. The molecule has 5 heteroatoms. The minimum atomic E-state index is 0.00451. The molecule has 24 heavy (non-hydrogen) atoms. The van der Waals surface area contributed by atoms with Crippen LogP contribution in [0, 0.1) is 11.3 Å². The maximum Gasteiger partial charge on any atom is 0.318 e. The summed E-state index contributed by atoms with van der Waals surface area (Å²) in [5.41, 5.74) is 0.306. The Morgan fingerprint density at radius 3 is 2.54 bits per heavy atom. The van der Waals surface area contributed by atoms with Crippen LogP contribution in [0.15, 0.2) is 0 Å². The van der Waals surface area contributed by atoms with Gasteiger partial charge in [0.2, 0.25) is 0 Å². The largest absolute Gasteiger partial charge is 0.381 e. The standard InChI is InChI=1S/C19H30N2O3/c22-17(20-15-3-1-6-18(15)8-11-23-12-9-18)21-13-19(7-2-10-24-19)16(21)14-4-5-14/h14-16H,1-13H2,(H,20,22). The fourth-order valence-corrected chi connectivity index (χ4v) is 6.00. The molecule has 1 N–H and O–H groups in total. The zero-order chi connectivity index (χ0) is 16.2. The van der Waals surface area contributed by atoms with E-state index < -0.39 is 0 Å². The second-order valence-corrected chi connectivity index (χ2v) is 8.80. The molecule has 134 valence electrons. The van der Waals surface area contributed by atoms with E-state index in [9.17, 15) is 4.79 Å². The molecule has 3 atom stereocenters. The summed E-state index contributed by atoms with van der Waals surface area (Å²) >= 11 is 0. The molecule has 5 nitrogen and oxygen atoms in total. The average molecular weight is 334 g/mol. The quantitative estimate of drug-likeness (QED) is 0.845. The number of hydrogen-bond acceptors (Lipinski definition) is 3. The first-order valence-electron chi connectivity index (χ1n) is 10.0. The Balaban J connectivity index is 1.27. The van der Waals surface area contributed by atoms with Crippen LogP contribution in [-0.4, -0.2) is 55.0 Å². The zero-order valence-corrected chi connectivity index (χ0v) is 14.6. The maximum absolute atomic E-state index is 13.0. The van der Waals surface area contributed by atoms with Gasteiger partial charge in [0.15, 0.2) is 0 Å². The van der Waals surface area contributed by atoms with Crippen LogP contribution in [0.25, 0.3) is 0 Å². The van der Waals surface area contributed by atoms with Crippen LogP contribution in [0.5, 0.6) is 0 Å². The summed E-state index contributed by atoms with van der Waals surface area (Å²) in [5, 5.41) is 3.44. The van der Waals surface area contributed by atoms with Gasteiger partial charge >= 0.3 is 6.03 Å². The van der Waals surface area contributed by atoms with E-state index in [1.54, 1.807) is 0 Å². The molecule has 0 aromatic heterocycles. The van der Waals surface area contributed by atoms with Crippen molar-refractivity contribution in [1.29, 1.82) is 0 Å². The van der Waals surface area contributed by atoms with Crippen LogP contribution in [0.1, 0.15) is 57.8 Å². The van der Waals surface area contributed by atoms with Gasteiger partial charge < -0.3 is 19.7 Å². The molecule has 2 spiro atoms. The summed E-state index contributed by atoms with van der Waals surface area (Å²) in [7, 11) is 0. The molecule has 0 radical (unpaired) electrons. The van der Waals surface area contributed by atoms with Crippen LogP contribution in [0.3, 0.4) is 0 Å². The zero-order valence-electron chi connectivity index (χ0n) is 14.6. The van der Waals surface area contributed by atoms with Crippen molar-refractivity contribution in [3.63, 3.8) is 0 Å². The SMILES string of the molecule is O=C(NC1CCCC12CCOCC2)N1CC2(CCCO2)C1C1CC1. The van der Waals surface area contributed by atoms with Gasteiger partial charge in [0.25, 0.3) is 0 Å². The first-order chi connectivity index (χ1) is 11.7. The van der Waals surface area contributed by atoms with Crippen molar-refractivity contribution < 1.29 is 14.3 Å². The minimum absolute atomic E-state index is 0.00451. The lowest BCUT2D eigenvalue weighted by molar-refractivity contribution is -0.147. The summed E-state index contributed by atoms with van der Waals surface area (Å²) in [5.74, 6) is 0.684. The lowest BCUT2D eigenvalue weighted by Crippen LogP contribution is -2.73. The van der Waals surface area contributed by atoms with E-state index in [0.717, 1.165) is 58.5 Å². The smallest absolute Gasteiger partial charge is 0.318 e. The molecule has 0 aromatic rings. The number of hydrogen-bond donors (Lipinski definition) is 1. The van der Waals surface area contributed by atoms with Gasteiger partial charge in [-0.1, -0.05) is 6.42 Å². The third-order valence-electron chi connectivity index (χ3n) is 7.47. The molecule has 2 aliphatic carbocycles. The van der Waals surface area contributed by atoms with Crippen molar-refractivity contribution >= 4 is 6.03 Å². The Morgan fingerprint density at radius 2 is 1.83 bits per heavy atom. The van der Waals surface area contributed by atoms with Crippen molar-refractivity contribution in [3.8, 4) is 0 Å².